The zero-order valence-corrected chi connectivity index (χ0v) is 23.5. The van der Waals surface area contributed by atoms with Gasteiger partial charge >= 0.3 is 5.76 Å². The number of amides is 1. The SMILES string of the molecule is O=C(N(CC12CCC(c3nc(C4CC4)no3)(CC1)CC2)c1cccc(-c2ccc3[nH]c(=O)oc3c2)c1)C12CC(F)(C1)C2. The molecule has 4 bridgehead atoms. The molecule has 7 aliphatic rings. The van der Waals surface area contributed by atoms with E-state index in [4.69, 9.17) is 13.9 Å². The molecule has 216 valence electrons. The van der Waals surface area contributed by atoms with Crippen molar-refractivity contribution in [1.29, 1.82) is 0 Å². The lowest BCUT2D eigenvalue weighted by molar-refractivity contribution is -0.211. The molecule has 4 aromatic rings. The highest BCUT2D eigenvalue weighted by molar-refractivity contribution is 6.00. The second-order valence-electron chi connectivity index (χ2n) is 14.1. The summed E-state index contributed by atoms with van der Waals surface area (Å²) < 4.78 is 25.7. The first-order chi connectivity index (χ1) is 20.3. The third kappa shape index (κ3) is 3.64. The molecule has 1 amide bonds. The van der Waals surface area contributed by atoms with Crippen LogP contribution in [0.25, 0.3) is 22.2 Å². The summed E-state index contributed by atoms with van der Waals surface area (Å²) in [7, 11) is 0. The van der Waals surface area contributed by atoms with Crippen molar-refractivity contribution in [2.24, 2.45) is 10.8 Å². The number of aromatic nitrogens is 3. The van der Waals surface area contributed by atoms with Gasteiger partial charge in [-0.05, 0) is 111 Å². The maximum absolute atomic E-state index is 14.6. The van der Waals surface area contributed by atoms with E-state index in [-0.39, 0.29) is 16.7 Å². The van der Waals surface area contributed by atoms with Gasteiger partial charge < -0.3 is 13.8 Å². The van der Waals surface area contributed by atoms with Gasteiger partial charge in [0.2, 0.25) is 11.8 Å². The average Bonchev–Trinajstić information content (AvgIpc) is 3.57. The van der Waals surface area contributed by atoms with Crippen molar-refractivity contribution in [2.45, 2.75) is 87.6 Å². The first-order valence-corrected chi connectivity index (χ1v) is 15.3. The number of oxazole rings is 1. The largest absolute Gasteiger partial charge is 0.417 e. The van der Waals surface area contributed by atoms with Gasteiger partial charge in [-0.3, -0.25) is 9.78 Å². The van der Waals surface area contributed by atoms with E-state index in [0.717, 1.165) is 79.9 Å². The second kappa shape index (κ2) is 8.20. The molecular weight excluding hydrogens is 535 g/mol. The van der Waals surface area contributed by atoms with Crippen LogP contribution in [0.3, 0.4) is 0 Å². The predicted molar refractivity (Wildman–Crippen MR) is 153 cm³/mol. The van der Waals surface area contributed by atoms with Crippen LogP contribution in [0.5, 0.6) is 0 Å². The van der Waals surface area contributed by atoms with Crippen LogP contribution in [0.1, 0.15) is 88.3 Å². The number of nitrogens with one attached hydrogen (secondary N) is 1. The molecule has 0 atom stereocenters. The van der Waals surface area contributed by atoms with Crippen molar-refractivity contribution in [3.8, 4) is 11.1 Å². The third-order valence-electron chi connectivity index (χ3n) is 11.3. The zero-order valence-electron chi connectivity index (χ0n) is 23.5. The maximum Gasteiger partial charge on any atom is 0.417 e. The molecule has 7 fully saturated rings. The number of nitrogens with zero attached hydrogens (tertiary/aromatic N) is 3. The van der Waals surface area contributed by atoms with Crippen LogP contribution in [0.4, 0.5) is 10.1 Å². The van der Waals surface area contributed by atoms with E-state index in [9.17, 15) is 14.0 Å². The summed E-state index contributed by atoms with van der Waals surface area (Å²) in [6.45, 7) is 0.634. The Labute approximate surface area is 241 Å². The summed E-state index contributed by atoms with van der Waals surface area (Å²) >= 11 is 0. The Hall–Kier alpha value is -3.75. The van der Waals surface area contributed by atoms with Crippen molar-refractivity contribution in [2.75, 3.05) is 11.4 Å². The summed E-state index contributed by atoms with van der Waals surface area (Å²) in [6.07, 6.45) is 9.30. The molecule has 7 saturated carbocycles. The van der Waals surface area contributed by atoms with Crippen LogP contribution in [-0.4, -0.2) is 33.2 Å². The molecule has 2 aromatic heterocycles. The number of carbonyl (C=O) groups is 1. The van der Waals surface area contributed by atoms with E-state index >= 15 is 0 Å². The molecule has 42 heavy (non-hydrogen) atoms. The molecule has 2 aromatic carbocycles. The summed E-state index contributed by atoms with van der Waals surface area (Å²) in [4.78, 5) is 35.4. The third-order valence-corrected chi connectivity index (χ3v) is 11.3. The van der Waals surface area contributed by atoms with Gasteiger partial charge in [0.25, 0.3) is 0 Å². The Morgan fingerprint density at radius 2 is 1.74 bits per heavy atom. The smallest absolute Gasteiger partial charge is 0.408 e. The Morgan fingerprint density at radius 3 is 2.45 bits per heavy atom. The zero-order chi connectivity index (χ0) is 28.3. The van der Waals surface area contributed by atoms with Gasteiger partial charge in [-0.2, -0.15) is 4.98 Å². The lowest BCUT2D eigenvalue weighted by atomic mass is 9.41. The number of anilines is 1. The van der Waals surface area contributed by atoms with Crippen LogP contribution < -0.4 is 10.7 Å². The molecular formula is C33H33FN4O4. The molecule has 0 aliphatic heterocycles. The lowest BCUT2D eigenvalue weighted by Gasteiger charge is -2.65. The first kappa shape index (κ1) is 24.8. The monoisotopic (exact) mass is 568 g/mol. The molecule has 0 spiro atoms. The summed E-state index contributed by atoms with van der Waals surface area (Å²) in [5.74, 6) is 1.75. The Bertz CT molecular complexity index is 1770. The fourth-order valence-electron chi connectivity index (χ4n) is 8.55. The fourth-order valence-corrected chi connectivity index (χ4v) is 8.55. The number of rotatable bonds is 7. The Kier molecular flexibility index (Phi) is 4.85. The lowest BCUT2D eigenvalue weighted by Crippen LogP contribution is -2.71. The summed E-state index contributed by atoms with van der Waals surface area (Å²) in [5, 5.41) is 4.30. The van der Waals surface area contributed by atoms with Crippen molar-refractivity contribution in [1.82, 2.24) is 15.1 Å². The molecule has 0 unspecified atom stereocenters. The quantitative estimate of drug-likeness (QED) is 0.271. The van der Waals surface area contributed by atoms with Gasteiger partial charge in [0.05, 0.1) is 10.9 Å². The van der Waals surface area contributed by atoms with Gasteiger partial charge in [0.1, 0.15) is 5.67 Å². The number of alkyl halides is 1. The number of fused-ring (bicyclic) bond motifs is 4. The van der Waals surface area contributed by atoms with E-state index in [2.05, 4.69) is 10.1 Å². The fraction of sp³-hybridized carbons (Fsp3) is 0.515. The number of hydrogen-bond acceptors (Lipinski definition) is 6. The van der Waals surface area contributed by atoms with E-state index in [0.29, 0.717) is 42.8 Å². The van der Waals surface area contributed by atoms with E-state index in [1.54, 1.807) is 0 Å². The van der Waals surface area contributed by atoms with Crippen LogP contribution in [0.2, 0.25) is 0 Å². The van der Waals surface area contributed by atoms with Crippen molar-refractivity contribution in [3.63, 3.8) is 0 Å². The van der Waals surface area contributed by atoms with Crippen LogP contribution in [0.15, 0.2) is 56.2 Å². The van der Waals surface area contributed by atoms with Gasteiger partial charge in [-0.15, -0.1) is 0 Å². The summed E-state index contributed by atoms with van der Waals surface area (Å²) in [5.41, 5.74) is 2.08. The highest BCUT2D eigenvalue weighted by Gasteiger charge is 2.73. The molecule has 8 nitrogen and oxygen atoms in total. The highest BCUT2D eigenvalue weighted by Crippen LogP contribution is 2.70. The molecule has 2 heterocycles. The average molecular weight is 569 g/mol. The van der Waals surface area contributed by atoms with Crippen molar-refractivity contribution >= 4 is 22.7 Å². The van der Waals surface area contributed by atoms with Crippen LogP contribution in [0, 0.1) is 10.8 Å². The number of halogens is 1. The highest BCUT2D eigenvalue weighted by atomic mass is 19.1. The molecule has 7 aliphatic carbocycles. The Morgan fingerprint density at radius 1 is 1.00 bits per heavy atom. The molecule has 0 saturated heterocycles. The first-order valence-electron chi connectivity index (χ1n) is 15.3. The minimum atomic E-state index is -1.14. The number of carbonyl (C=O) groups excluding carboxylic acids is 1. The van der Waals surface area contributed by atoms with E-state index in [1.165, 1.54) is 0 Å². The van der Waals surface area contributed by atoms with Gasteiger partial charge in [0.15, 0.2) is 11.4 Å². The molecule has 9 heteroatoms. The second-order valence-corrected chi connectivity index (χ2v) is 14.1. The van der Waals surface area contributed by atoms with Gasteiger partial charge in [-0.1, -0.05) is 23.4 Å². The summed E-state index contributed by atoms with van der Waals surface area (Å²) in [6, 6.07) is 13.6. The van der Waals surface area contributed by atoms with E-state index in [1.807, 2.05) is 47.4 Å². The normalized spacial score (nSPS) is 32.9. The molecule has 0 radical (unpaired) electrons. The predicted octanol–water partition coefficient (Wildman–Crippen LogP) is 6.57. The van der Waals surface area contributed by atoms with Gasteiger partial charge in [0, 0.05) is 23.6 Å². The van der Waals surface area contributed by atoms with Gasteiger partial charge in [-0.25, -0.2) is 9.18 Å². The Balaban J connectivity index is 1.02. The van der Waals surface area contributed by atoms with E-state index < -0.39 is 16.8 Å². The van der Waals surface area contributed by atoms with Crippen molar-refractivity contribution < 1.29 is 18.1 Å². The van der Waals surface area contributed by atoms with Crippen LogP contribution >= 0.6 is 0 Å². The standard InChI is InChI=1S/C33H33FN4O4/c34-33-16-32(17-33,18-33)28(39)38(23-3-1-2-21(14-23)22-6-7-24-25(15-22)41-29(40)35-24)19-30-8-11-31(12-9-30,13-10-30)27-36-26(37-42-27)20-4-5-20/h1-3,6-7,14-15,20H,4-5,8-13,16-19H2,(H,35,40). The maximum atomic E-state index is 14.6. The number of hydrogen-bond donors (Lipinski definition) is 1. The van der Waals surface area contributed by atoms with Crippen molar-refractivity contribution in [3.05, 3.63) is 64.7 Å². The number of benzene rings is 2. The topological polar surface area (TPSA) is 105 Å². The van der Waals surface area contributed by atoms with Crippen LogP contribution in [-0.2, 0) is 10.2 Å². The minimum absolute atomic E-state index is 0.0110. The molecule has 1 N–H and O–H groups in total. The number of H-pyrrole nitrogens is 1. The number of aromatic amines is 1. The minimum Gasteiger partial charge on any atom is -0.408 e. The molecule has 11 rings (SSSR count).